The van der Waals surface area contributed by atoms with Gasteiger partial charge in [0.15, 0.2) is 5.82 Å². The molecular weight excluding hydrogens is 344 g/mol. The number of benzene rings is 1. The quantitative estimate of drug-likeness (QED) is 0.781. The summed E-state index contributed by atoms with van der Waals surface area (Å²) in [4.78, 5) is 33.3. The van der Waals surface area contributed by atoms with Crippen LogP contribution in [0.1, 0.15) is 43.1 Å². The highest BCUT2D eigenvalue weighted by molar-refractivity contribution is 6.01. The van der Waals surface area contributed by atoms with Gasteiger partial charge in [-0.25, -0.2) is 0 Å². The van der Waals surface area contributed by atoms with Crippen LogP contribution in [0.2, 0.25) is 0 Å². The number of carbonyl (C=O) groups is 2. The number of nitrogens with zero attached hydrogens (tertiary/aromatic N) is 4. The van der Waals surface area contributed by atoms with Crippen LogP contribution in [-0.4, -0.2) is 39.9 Å². The summed E-state index contributed by atoms with van der Waals surface area (Å²) in [6, 6.07) is 6.06. The molecule has 1 aromatic heterocycles. The number of carbonyl (C=O) groups excluding carboxylic acids is 2. The molecule has 27 heavy (non-hydrogen) atoms. The average Bonchev–Trinajstić information content (AvgIpc) is 3.24. The van der Waals surface area contributed by atoms with Gasteiger partial charge in [0.1, 0.15) is 0 Å². The highest BCUT2D eigenvalue weighted by Gasteiger charge is 2.38. The molecule has 3 rings (SSSR count). The molecule has 7 heteroatoms. The molecule has 1 aliphatic rings. The number of anilines is 1. The summed E-state index contributed by atoms with van der Waals surface area (Å²) < 4.78 is 4.98. The first kappa shape index (κ1) is 19.1. The van der Waals surface area contributed by atoms with Crippen molar-refractivity contribution >= 4 is 17.5 Å². The molecule has 1 aliphatic heterocycles. The van der Waals surface area contributed by atoms with Crippen LogP contribution in [0.3, 0.4) is 0 Å². The largest absolute Gasteiger partial charge is 0.340 e. The normalized spacial score (nSPS) is 16.8. The Hall–Kier alpha value is -2.70. The van der Waals surface area contributed by atoms with Crippen molar-refractivity contribution in [2.75, 3.05) is 18.0 Å². The Morgan fingerprint density at radius 3 is 2.74 bits per heavy atom. The van der Waals surface area contributed by atoms with Crippen LogP contribution >= 0.6 is 0 Å². The lowest BCUT2D eigenvalue weighted by molar-refractivity contribution is -0.136. The maximum Gasteiger partial charge on any atom is 0.228 e. The van der Waals surface area contributed by atoms with Crippen molar-refractivity contribution in [3.63, 3.8) is 0 Å². The summed E-state index contributed by atoms with van der Waals surface area (Å²) >= 11 is 0. The lowest BCUT2D eigenvalue weighted by Gasteiger charge is -2.24. The zero-order chi connectivity index (χ0) is 19.6. The number of hydrogen-bond acceptors (Lipinski definition) is 5. The van der Waals surface area contributed by atoms with Crippen molar-refractivity contribution in [2.24, 2.45) is 5.92 Å². The van der Waals surface area contributed by atoms with Gasteiger partial charge in [0.05, 0.1) is 12.5 Å². The third-order valence-corrected chi connectivity index (χ3v) is 5.04. The standard InChI is InChI=1S/C20H26N4O3/c1-5-15-9-7-8-13(3)19(15)24-11-16(10-18(24)25)20(26)23(6-2)12-17-21-14(4)27-22-17/h7-9,16H,5-6,10-12H2,1-4H3/t16-/m1/s1. The lowest BCUT2D eigenvalue weighted by Crippen LogP contribution is -2.37. The van der Waals surface area contributed by atoms with Gasteiger partial charge in [-0.2, -0.15) is 4.98 Å². The fraction of sp³-hybridized carbons (Fsp3) is 0.500. The maximum absolute atomic E-state index is 13.0. The van der Waals surface area contributed by atoms with E-state index in [1.54, 1.807) is 16.7 Å². The van der Waals surface area contributed by atoms with Crippen LogP contribution in [0, 0.1) is 19.8 Å². The average molecular weight is 370 g/mol. The lowest BCUT2D eigenvalue weighted by atomic mass is 10.0. The molecule has 0 N–H and O–H groups in total. The Morgan fingerprint density at radius 2 is 2.11 bits per heavy atom. The predicted molar refractivity (Wildman–Crippen MR) is 101 cm³/mol. The van der Waals surface area contributed by atoms with E-state index in [-0.39, 0.29) is 24.2 Å². The Bertz CT molecular complexity index is 846. The Kier molecular flexibility index (Phi) is 5.58. The number of amides is 2. The van der Waals surface area contributed by atoms with Crippen molar-refractivity contribution < 1.29 is 14.1 Å². The van der Waals surface area contributed by atoms with E-state index in [1.807, 2.05) is 32.0 Å². The van der Waals surface area contributed by atoms with Gasteiger partial charge >= 0.3 is 0 Å². The van der Waals surface area contributed by atoms with Gasteiger partial charge in [0.25, 0.3) is 0 Å². The van der Waals surface area contributed by atoms with E-state index in [0.717, 1.165) is 23.2 Å². The van der Waals surface area contributed by atoms with E-state index >= 15 is 0 Å². The summed E-state index contributed by atoms with van der Waals surface area (Å²) in [5, 5.41) is 3.87. The SMILES string of the molecule is CCc1cccc(C)c1N1C[C@H](C(=O)N(CC)Cc2noc(C)n2)CC1=O. The Morgan fingerprint density at radius 1 is 1.33 bits per heavy atom. The van der Waals surface area contributed by atoms with Crippen LogP contribution in [0.25, 0.3) is 0 Å². The van der Waals surface area contributed by atoms with Gasteiger partial charge in [-0.1, -0.05) is 30.3 Å². The van der Waals surface area contributed by atoms with E-state index in [2.05, 4.69) is 17.1 Å². The van der Waals surface area contributed by atoms with Gasteiger partial charge in [-0.3, -0.25) is 9.59 Å². The molecule has 0 spiro atoms. The molecule has 1 saturated heterocycles. The van der Waals surface area contributed by atoms with Crippen molar-refractivity contribution in [3.05, 3.63) is 41.0 Å². The fourth-order valence-corrected chi connectivity index (χ4v) is 3.66. The molecule has 1 fully saturated rings. The zero-order valence-corrected chi connectivity index (χ0v) is 16.4. The second kappa shape index (κ2) is 7.90. The van der Waals surface area contributed by atoms with E-state index in [1.165, 1.54) is 0 Å². The van der Waals surface area contributed by atoms with E-state index in [0.29, 0.717) is 31.3 Å². The minimum absolute atomic E-state index is 0.00353. The van der Waals surface area contributed by atoms with Crippen molar-refractivity contribution in [1.82, 2.24) is 15.0 Å². The van der Waals surface area contributed by atoms with Gasteiger partial charge in [0.2, 0.25) is 17.7 Å². The van der Waals surface area contributed by atoms with Crippen LogP contribution in [0.15, 0.2) is 22.7 Å². The topological polar surface area (TPSA) is 79.5 Å². The van der Waals surface area contributed by atoms with Gasteiger partial charge < -0.3 is 14.3 Å². The van der Waals surface area contributed by atoms with Gasteiger partial charge in [-0.15, -0.1) is 0 Å². The summed E-state index contributed by atoms with van der Waals surface area (Å²) in [6.45, 7) is 8.95. The minimum Gasteiger partial charge on any atom is -0.340 e. The minimum atomic E-state index is -0.352. The second-order valence-corrected chi connectivity index (χ2v) is 6.92. The maximum atomic E-state index is 13.0. The number of aryl methyl sites for hydroxylation is 3. The molecule has 0 bridgehead atoms. The van der Waals surface area contributed by atoms with E-state index in [4.69, 9.17) is 4.52 Å². The summed E-state index contributed by atoms with van der Waals surface area (Å²) in [6.07, 6.45) is 1.08. The second-order valence-electron chi connectivity index (χ2n) is 6.92. The Labute approximate surface area is 159 Å². The molecule has 0 radical (unpaired) electrons. The van der Waals surface area contributed by atoms with Crippen molar-refractivity contribution in [3.8, 4) is 0 Å². The van der Waals surface area contributed by atoms with Crippen LogP contribution in [0.4, 0.5) is 5.69 Å². The van der Waals surface area contributed by atoms with Crippen molar-refractivity contribution in [1.29, 1.82) is 0 Å². The molecule has 0 unspecified atom stereocenters. The monoisotopic (exact) mass is 370 g/mol. The molecule has 1 aromatic carbocycles. The fourth-order valence-electron chi connectivity index (χ4n) is 3.66. The van der Waals surface area contributed by atoms with Gasteiger partial charge in [-0.05, 0) is 31.4 Å². The zero-order valence-electron chi connectivity index (χ0n) is 16.4. The third-order valence-electron chi connectivity index (χ3n) is 5.04. The molecule has 0 aliphatic carbocycles. The smallest absolute Gasteiger partial charge is 0.228 e. The van der Waals surface area contributed by atoms with Crippen LogP contribution < -0.4 is 4.90 Å². The molecule has 0 saturated carbocycles. The molecular formula is C20H26N4O3. The summed E-state index contributed by atoms with van der Waals surface area (Å²) in [5.41, 5.74) is 3.15. The van der Waals surface area contributed by atoms with E-state index < -0.39 is 0 Å². The summed E-state index contributed by atoms with van der Waals surface area (Å²) in [5.74, 6) is 0.569. The number of hydrogen-bond donors (Lipinski definition) is 0. The first-order valence-electron chi connectivity index (χ1n) is 9.41. The third kappa shape index (κ3) is 3.86. The van der Waals surface area contributed by atoms with Gasteiger partial charge in [0, 0.05) is 32.1 Å². The number of rotatable bonds is 6. The van der Waals surface area contributed by atoms with Crippen LogP contribution in [-0.2, 0) is 22.6 Å². The van der Waals surface area contributed by atoms with Crippen molar-refractivity contribution in [2.45, 2.75) is 47.1 Å². The molecule has 2 amide bonds. The molecule has 7 nitrogen and oxygen atoms in total. The molecule has 2 heterocycles. The number of para-hydroxylation sites is 1. The molecule has 1 atom stereocenters. The molecule has 2 aromatic rings. The highest BCUT2D eigenvalue weighted by atomic mass is 16.5. The first-order chi connectivity index (χ1) is 12.9. The van der Waals surface area contributed by atoms with E-state index in [9.17, 15) is 9.59 Å². The predicted octanol–water partition coefficient (Wildman–Crippen LogP) is 2.65. The van der Waals surface area contributed by atoms with Crippen LogP contribution in [0.5, 0.6) is 0 Å². The summed E-state index contributed by atoms with van der Waals surface area (Å²) in [7, 11) is 0. The highest BCUT2D eigenvalue weighted by Crippen LogP contribution is 2.32. The Balaban J connectivity index is 1.77. The number of aromatic nitrogens is 2. The molecule has 144 valence electrons. The first-order valence-corrected chi connectivity index (χ1v) is 9.41.